The van der Waals surface area contributed by atoms with Crippen LogP contribution in [-0.4, -0.2) is 35.8 Å². The summed E-state index contributed by atoms with van der Waals surface area (Å²) < 4.78 is 5.40. The van der Waals surface area contributed by atoms with E-state index in [-0.39, 0.29) is 12.5 Å². The topological polar surface area (TPSA) is 58.4 Å². The zero-order valence-electron chi connectivity index (χ0n) is 15.1. The summed E-state index contributed by atoms with van der Waals surface area (Å²) in [6.45, 7) is 0.734. The van der Waals surface area contributed by atoms with E-state index in [1.54, 1.807) is 11.8 Å². The van der Waals surface area contributed by atoms with Crippen LogP contribution in [0.3, 0.4) is 0 Å². The molecule has 7 heteroatoms. The summed E-state index contributed by atoms with van der Waals surface area (Å²) in [6, 6.07) is 17.0. The zero-order chi connectivity index (χ0) is 19.2. The molecule has 0 aliphatic carbocycles. The molecule has 0 atom stereocenters. The number of para-hydroxylation sites is 1. The maximum Gasteiger partial charge on any atom is 0.238 e. The van der Waals surface area contributed by atoms with Crippen molar-refractivity contribution in [3.63, 3.8) is 0 Å². The first-order valence-corrected chi connectivity index (χ1v) is 9.98. The molecule has 27 heavy (non-hydrogen) atoms. The van der Waals surface area contributed by atoms with Gasteiger partial charge in [-0.3, -0.25) is 9.69 Å². The van der Waals surface area contributed by atoms with Crippen LogP contribution in [0.25, 0.3) is 11.3 Å². The molecule has 2 aromatic carbocycles. The van der Waals surface area contributed by atoms with Crippen LogP contribution < -0.4 is 5.32 Å². The van der Waals surface area contributed by atoms with E-state index in [0.29, 0.717) is 17.3 Å². The minimum absolute atomic E-state index is 0.0727. The monoisotopic (exact) mass is 401 g/mol. The average Bonchev–Trinajstić information content (AvgIpc) is 3.10. The average molecular weight is 402 g/mol. The largest absolute Gasteiger partial charge is 0.359 e. The molecule has 3 rings (SSSR count). The zero-order valence-corrected chi connectivity index (χ0v) is 16.7. The van der Waals surface area contributed by atoms with Crippen molar-refractivity contribution in [1.82, 2.24) is 10.1 Å². The lowest BCUT2D eigenvalue weighted by molar-refractivity contribution is -0.117. The predicted octanol–water partition coefficient (Wildman–Crippen LogP) is 4.79. The Morgan fingerprint density at radius 2 is 1.96 bits per heavy atom. The highest BCUT2D eigenvalue weighted by Crippen LogP contribution is 2.25. The van der Waals surface area contributed by atoms with Crippen molar-refractivity contribution in [3.05, 3.63) is 65.4 Å². The standard InChI is InChI=1S/C20H20ClN3O2S/c1-24(13-20(25)22-17-5-3-4-6-19(17)27-2)12-16-11-18(23-26-16)14-7-9-15(21)10-8-14/h3-11H,12-13H2,1-2H3,(H,22,25). The Morgan fingerprint density at radius 3 is 2.70 bits per heavy atom. The number of rotatable bonds is 7. The number of hydrogen-bond acceptors (Lipinski definition) is 5. The van der Waals surface area contributed by atoms with Crippen molar-refractivity contribution in [2.45, 2.75) is 11.4 Å². The van der Waals surface area contributed by atoms with Gasteiger partial charge in [-0.2, -0.15) is 0 Å². The van der Waals surface area contributed by atoms with Gasteiger partial charge in [-0.05, 0) is 37.6 Å². The van der Waals surface area contributed by atoms with Gasteiger partial charge in [0.05, 0.1) is 18.8 Å². The summed E-state index contributed by atoms with van der Waals surface area (Å²) in [6.07, 6.45) is 1.99. The summed E-state index contributed by atoms with van der Waals surface area (Å²) >= 11 is 7.51. The molecule has 0 spiro atoms. The Morgan fingerprint density at radius 1 is 1.22 bits per heavy atom. The van der Waals surface area contributed by atoms with Gasteiger partial charge in [0, 0.05) is 21.5 Å². The fourth-order valence-electron chi connectivity index (χ4n) is 2.65. The lowest BCUT2D eigenvalue weighted by Gasteiger charge is -2.15. The fourth-order valence-corrected chi connectivity index (χ4v) is 3.33. The van der Waals surface area contributed by atoms with Crippen molar-refractivity contribution < 1.29 is 9.32 Å². The first-order valence-electron chi connectivity index (χ1n) is 8.38. The molecule has 1 amide bonds. The Hall–Kier alpha value is -2.28. The summed E-state index contributed by atoms with van der Waals surface area (Å²) in [5, 5.41) is 7.72. The molecular weight excluding hydrogens is 382 g/mol. The van der Waals surface area contributed by atoms with E-state index in [2.05, 4.69) is 10.5 Å². The van der Waals surface area contributed by atoms with Crippen molar-refractivity contribution >= 4 is 35.0 Å². The first kappa shape index (κ1) is 19.5. The molecule has 0 saturated carbocycles. The molecular formula is C20H20ClN3O2S. The van der Waals surface area contributed by atoms with Gasteiger partial charge in [0.2, 0.25) is 5.91 Å². The van der Waals surface area contributed by atoms with E-state index in [4.69, 9.17) is 16.1 Å². The molecule has 0 fully saturated rings. The first-order chi connectivity index (χ1) is 13.0. The number of nitrogens with one attached hydrogen (secondary N) is 1. The van der Waals surface area contributed by atoms with Gasteiger partial charge < -0.3 is 9.84 Å². The van der Waals surface area contributed by atoms with Gasteiger partial charge in [0.15, 0.2) is 5.76 Å². The van der Waals surface area contributed by atoms with Crippen LogP contribution in [0.4, 0.5) is 5.69 Å². The van der Waals surface area contributed by atoms with E-state index in [1.165, 1.54) is 0 Å². The molecule has 1 aromatic heterocycles. The van der Waals surface area contributed by atoms with Crippen molar-refractivity contribution in [2.24, 2.45) is 0 Å². The van der Waals surface area contributed by atoms with Crippen LogP contribution in [0.15, 0.2) is 64.0 Å². The third-order valence-corrected chi connectivity index (χ3v) is 4.97. The lowest BCUT2D eigenvalue weighted by atomic mass is 10.1. The highest BCUT2D eigenvalue weighted by Gasteiger charge is 2.13. The van der Waals surface area contributed by atoms with E-state index in [0.717, 1.165) is 21.8 Å². The molecule has 0 bridgehead atoms. The number of halogens is 1. The fraction of sp³-hybridized carbons (Fsp3) is 0.200. The third-order valence-electron chi connectivity index (χ3n) is 3.92. The summed E-state index contributed by atoms with van der Waals surface area (Å²) in [5.41, 5.74) is 2.50. The molecule has 0 radical (unpaired) electrons. The number of anilines is 1. The van der Waals surface area contributed by atoms with Crippen molar-refractivity contribution in [2.75, 3.05) is 25.2 Å². The SMILES string of the molecule is CSc1ccccc1NC(=O)CN(C)Cc1cc(-c2ccc(Cl)cc2)no1. The Labute approximate surface area is 167 Å². The van der Waals surface area contributed by atoms with Crippen LogP contribution in [0.2, 0.25) is 5.02 Å². The third kappa shape index (κ3) is 5.35. The summed E-state index contributed by atoms with van der Waals surface area (Å²) in [7, 11) is 1.87. The second-order valence-electron chi connectivity index (χ2n) is 6.11. The highest BCUT2D eigenvalue weighted by atomic mass is 35.5. The van der Waals surface area contributed by atoms with Gasteiger partial charge >= 0.3 is 0 Å². The number of hydrogen-bond donors (Lipinski definition) is 1. The number of amides is 1. The van der Waals surface area contributed by atoms with Crippen LogP contribution in [-0.2, 0) is 11.3 Å². The quantitative estimate of drug-likeness (QED) is 0.577. The Bertz CT molecular complexity index is 912. The molecule has 3 aromatic rings. The Kier molecular flexibility index (Phi) is 6.55. The van der Waals surface area contributed by atoms with Crippen LogP contribution >= 0.6 is 23.4 Å². The van der Waals surface area contributed by atoms with E-state index >= 15 is 0 Å². The van der Waals surface area contributed by atoms with Gasteiger partial charge in [-0.15, -0.1) is 11.8 Å². The van der Waals surface area contributed by atoms with E-state index in [1.807, 2.05) is 72.8 Å². The van der Waals surface area contributed by atoms with Crippen LogP contribution in [0.1, 0.15) is 5.76 Å². The highest BCUT2D eigenvalue weighted by molar-refractivity contribution is 7.98. The summed E-state index contributed by atoms with van der Waals surface area (Å²) in [5.74, 6) is 0.621. The number of likely N-dealkylation sites (N-methyl/N-ethyl adjacent to an activating group) is 1. The molecule has 5 nitrogen and oxygen atoms in total. The number of thioether (sulfide) groups is 1. The Balaban J connectivity index is 1.57. The number of aromatic nitrogens is 1. The van der Waals surface area contributed by atoms with Crippen molar-refractivity contribution in [1.29, 1.82) is 0 Å². The number of carbonyl (C=O) groups excluding carboxylic acids is 1. The maximum atomic E-state index is 12.3. The lowest BCUT2D eigenvalue weighted by Crippen LogP contribution is -2.29. The van der Waals surface area contributed by atoms with Gasteiger partial charge in [0.1, 0.15) is 5.69 Å². The molecule has 0 saturated heterocycles. The van der Waals surface area contributed by atoms with E-state index < -0.39 is 0 Å². The van der Waals surface area contributed by atoms with Gasteiger partial charge in [-0.25, -0.2) is 0 Å². The number of nitrogens with zero attached hydrogens (tertiary/aromatic N) is 2. The number of carbonyl (C=O) groups is 1. The molecule has 0 unspecified atom stereocenters. The van der Waals surface area contributed by atoms with Crippen LogP contribution in [0.5, 0.6) is 0 Å². The normalized spacial score (nSPS) is 11.0. The van der Waals surface area contributed by atoms with Gasteiger partial charge in [0.25, 0.3) is 0 Å². The number of benzene rings is 2. The molecule has 0 aliphatic heterocycles. The summed E-state index contributed by atoms with van der Waals surface area (Å²) in [4.78, 5) is 15.2. The van der Waals surface area contributed by atoms with Crippen LogP contribution in [0, 0.1) is 0 Å². The minimum atomic E-state index is -0.0727. The second kappa shape index (κ2) is 9.08. The maximum absolute atomic E-state index is 12.3. The molecule has 140 valence electrons. The van der Waals surface area contributed by atoms with E-state index in [9.17, 15) is 4.79 Å². The smallest absolute Gasteiger partial charge is 0.238 e. The molecule has 0 aliphatic rings. The van der Waals surface area contributed by atoms with Gasteiger partial charge in [-0.1, -0.05) is 41.0 Å². The molecule has 1 heterocycles. The minimum Gasteiger partial charge on any atom is -0.359 e. The molecule has 1 N–H and O–H groups in total. The van der Waals surface area contributed by atoms with Crippen molar-refractivity contribution in [3.8, 4) is 11.3 Å². The second-order valence-corrected chi connectivity index (χ2v) is 7.39. The predicted molar refractivity (Wildman–Crippen MR) is 110 cm³/mol.